The van der Waals surface area contributed by atoms with Crippen LogP contribution in [0, 0.1) is 0 Å². The molecule has 0 bridgehead atoms. The lowest BCUT2D eigenvalue weighted by molar-refractivity contribution is 0.0583. The second kappa shape index (κ2) is 7.97. The van der Waals surface area contributed by atoms with Crippen molar-refractivity contribution in [3.8, 4) is 0 Å². The van der Waals surface area contributed by atoms with Gasteiger partial charge in [0.15, 0.2) is 6.10 Å². The molecule has 0 spiro atoms. The highest BCUT2D eigenvalue weighted by Crippen LogP contribution is 2.26. The quantitative estimate of drug-likeness (QED) is 0.862. The van der Waals surface area contributed by atoms with Gasteiger partial charge in [-0.05, 0) is 17.7 Å². The largest absolute Gasteiger partial charge is 0.436 e. The molecule has 0 N–H and O–H groups in total. The van der Waals surface area contributed by atoms with Crippen molar-refractivity contribution in [1.29, 1.82) is 0 Å². The molecule has 0 aromatic heterocycles. The minimum Gasteiger partial charge on any atom is -0.436 e. The zero-order chi connectivity index (χ0) is 16.8. The SMILES string of the molecule is CCN1CCN(C(=O)OC(c2ccccc2)c2ccccc2)CC1. The fourth-order valence-corrected chi connectivity index (χ4v) is 3.01. The highest BCUT2D eigenvalue weighted by Gasteiger charge is 2.25. The lowest BCUT2D eigenvalue weighted by atomic mass is 10.0. The lowest BCUT2D eigenvalue weighted by Crippen LogP contribution is -2.48. The van der Waals surface area contributed by atoms with Crippen LogP contribution in [-0.2, 0) is 4.74 Å². The van der Waals surface area contributed by atoms with Crippen molar-refractivity contribution < 1.29 is 9.53 Å². The number of hydrogen-bond acceptors (Lipinski definition) is 3. The molecule has 2 aromatic rings. The molecule has 0 unspecified atom stereocenters. The number of hydrogen-bond donors (Lipinski definition) is 0. The van der Waals surface area contributed by atoms with Gasteiger partial charge in [0.1, 0.15) is 0 Å². The van der Waals surface area contributed by atoms with Crippen LogP contribution in [0.1, 0.15) is 24.2 Å². The molecule has 24 heavy (non-hydrogen) atoms. The van der Waals surface area contributed by atoms with Gasteiger partial charge in [-0.2, -0.15) is 0 Å². The van der Waals surface area contributed by atoms with Crippen molar-refractivity contribution in [2.24, 2.45) is 0 Å². The van der Waals surface area contributed by atoms with Crippen LogP contribution in [0.15, 0.2) is 60.7 Å². The molecule has 1 aliphatic heterocycles. The van der Waals surface area contributed by atoms with Gasteiger partial charge in [-0.3, -0.25) is 0 Å². The Morgan fingerprint density at radius 2 is 1.42 bits per heavy atom. The number of likely N-dealkylation sites (N-methyl/N-ethyl adjacent to an activating group) is 1. The van der Waals surface area contributed by atoms with Gasteiger partial charge in [0.05, 0.1) is 0 Å². The fraction of sp³-hybridized carbons (Fsp3) is 0.350. The van der Waals surface area contributed by atoms with Crippen LogP contribution in [-0.4, -0.2) is 48.6 Å². The summed E-state index contributed by atoms with van der Waals surface area (Å²) in [5.41, 5.74) is 1.98. The van der Waals surface area contributed by atoms with Gasteiger partial charge in [0.25, 0.3) is 0 Å². The van der Waals surface area contributed by atoms with Crippen molar-refractivity contribution in [3.05, 3.63) is 71.8 Å². The van der Waals surface area contributed by atoms with E-state index in [0.717, 1.165) is 43.9 Å². The third-order valence-electron chi connectivity index (χ3n) is 4.50. The molecule has 4 nitrogen and oxygen atoms in total. The van der Waals surface area contributed by atoms with E-state index in [1.165, 1.54) is 0 Å². The highest BCUT2D eigenvalue weighted by molar-refractivity contribution is 5.68. The van der Waals surface area contributed by atoms with Crippen molar-refractivity contribution >= 4 is 6.09 Å². The van der Waals surface area contributed by atoms with Gasteiger partial charge >= 0.3 is 6.09 Å². The summed E-state index contributed by atoms with van der Waals surface area (Å²) < 4.78 is 5.90. The van der Waals surface area contributed by atoms with E-state index in [9.17, 15) is 4.79 Å². The van der Waals surface area contributed by atoms with E-state index in [1.54, 1.807) is 0 Å². The summed E-state index contributed by atoms with van der Waals surface area (Å²) >= 11 is 0. The monoisotopic (exact) mass is 324 g/mol. The Morgan fingerprint density at radius 3 is 1.88 bits per heavy atom. The fourth-order valence-electron chi connectivity index (χ4n) is 3.01. The average Bonchev–Trinajstić information content (AvgIpc) is 2.67. The van der Waals surface area contributed by atoms with E-state index in [1.807, 2.05) is 65.6 Å². The molecule has 1 fully saturated rings. The Hall–Kier alpha value is -2.33. The van der Waals surface area contributed by atoms with Crippen LogP contribution < -0.4 is 0 Å². The smallest absolute Gasteiger partial charge is 0.410 e. The first-order chi connectivity index (χ1) is 11.8. The van der Waals surface area contributed by atoms with Crippen LogP contribution in [0.25, 0.3) is 0 Å². The Labute approximate surface area is 143 Å². The van der Waals surface area contributed by atoms with Crippen LogP contribution >= 0.6 is 0 Å². The van der Waals surface area contributed by atoms with Crippen LogP contribution in [0.4, 0.5) is 4.79 Å². The molecule has 1 heterocycles. The molecule has 0 saturated carbocycles. The topological polar surface area (TPSA) is 32.8 Å². The van der Waals surface area contributed by atoms with E-state index in [-0.39, 0.29) is 12.2 Å². The van der Waals surface area contributed by atoms with Crippen LogP contribution in [0.5, 0.6) is 0 Å². The molecule has 3 rings (SSSR count). The number of amides is 1. The predicted octanol–water partition coefficient (Wildman–Crippen LogP) is 3.55. The van der Waals surface area contributed by atoms with Crippen molar-refractivity contribution in [1.82, 2.24) is 9.80 Å². The molecular weight excluding hydrogens is 300 g/mol. The minimum atomic E-state index is -0.371. The standard InChI is InChI=1S/C20H24N2O2/c1-2-21-13-15-22(16-14-21)20(23)24-19(17-9-5-3-6-10-17)18-11-7-4-8-12-18/h3-12,19H,2,13-16H2,1H3. The molecule has 2 aromatic carbocycles. The molecule has 0 aliphatic carbocycles. The first kappa shape index (κ1) is 16.5. The summed E-state index contributed by atoms with van der Waals surface area (Å²) in [6.45, 7) is 6.44. The molecular formula is C20H24N2O2. The van der Waals surface area contributed by atoms with E-state index < -0.39 is 0 Å². The average molecular weight is 324 g/mol. The van der Waals surface area contributed by atoms with Crippen molar-refractivity contribution in [2.75, 3.05) is 32.7 Å². The number of carbonyl (C=O) groups excluding carboxylic acids is 1. The maximum absolute atomic E-state index is 12.6. The lowest BCUT2D eigenvalue weighted by Gasteiger charge is -2.34. The molecule has 0 radical (unpaired) electrons. The van der Waals surface area contributed by atoms with Gasteiger partial charge in [0, 0.05) is 26.2 Å². The molecule has 0 atom stereocenters. The summed E-state index contributed by atoms with van der Waals surface area (Å²) in [6, 6.07) is 19.8. The molecule has 4 heteroatoms. The van der Waals surface area contributed by atoms with Gasteiger partial charge in [-0.25, -0.2) is 4.79 Å². The maximum atomic E-state index is 12.6. The van der Waals surface area contributed by atoms with Crippen LogP contribution in [0.3, 0.4) is 0 Å². The highest BCUT2D eigenvalue weighted by atomic mass is 16.6. The second-order valence-corrected chi connectivity index (χ2v) is 6.01. The van der Waals surface area contributed by atoms with Crippen molar-refractivity contribution in [2.45, 2.75) is 13.0 Å². The number of carbonyl (C=O) groups is 1. The number of benzene rings is 2. The van der Waals surface area contributed by atoms with E-state index in [4.69, 9.17) is 4.74 Å². The molecule has 126 valence electrons. The first-order valence-corrected chi connectivity index (χ1v) is 8.55. The zero-order valence-corrected chi connectivity index (χ0v) is 14.1. The Morgan fingerprint density at radius 1 is 0.917 bits per heavy atom. The molecule has 1 aliphatic rings. The second-order valence-electron chi connectivity index (χ2n) is 6.01. The van der Waals surface area contributed by atoms with Gasteiger partial charge < -0.3 is 14.5 Å². The Bertz CT molecular complexity index is 598. The normalized spacial score (nSPS) is 15.5. The van der Waals surface area contributed by atoms with Crippen LogP contribution in [0.2, 0.25) is 0 Å². The van der Waals surface area contributed by atoms with Crippen molar-refractivity contribution in [3.63, 3.8) is 0 Å². The summed E-state index contributed by atoms with van der Waals surface area (Å²) in [5.74, 6) is 0. The Balaban J connectivity index is 1.74. The van der Waals surface area contributed by atoms with E-state index in [2.05, 4.69) is 11.8 Å². The summed E-state index contributed by atoms with van der Waals surface area (Å²) in [4.78, 5) is 16.8. The van der Waals surface area contributed by atoms with Gasteiger partial charge in [-0.1, -0.05) is 67.6 Å². The maximum Gasteiger partial charge on any atom is 0.410 e. The molecule has 1 amide bonds. The number of ether oxygens (including phenoxy) is 1. The number of rotatable bonds is 4. The number of piperazine rings is 1. The van der Waals surface area contributed by atoms with E-state index in [0.29, 0.717) is 0 Å². The van der Waals surface area contributed by atoms with E-state index >= 15 is 0 Å². The third-order valence-corrected chi connectivity index (χ3v) is 4.50. The van der Waals surface area contributed by atoms with Gasteiger partial charge in [-0.15, -0.1) is 0 Å². The third kappa shape index (κ3) is 3.95. The summed E-state index contributed by atoms with van der Waals surface area (Å²) in [5, 5.41) is 0. The molecule has 1 saturated heterocycles. The number of nitrogens with zero attached hydrogens (tertiary/aromatic N) is 2. The minimum absolute atomic E-state index is 0.233. The summed E-state index contributed by atoms with van der Waals surface area (Å²) in [7, 11) is 0. The van der Waals surface area contributed by atoms with Gasteiger partial charge in [0.2, 0.25) is 0 Å². The predicted molar refractivity (Wildman–Crippen MR) is 94.9 cm³/mol. The first-order valence-electron chi connectivity index (χ1n) is 8.55. The zero-order valence-electron chi connectivity index (χ0n) is 14.1. The Kier molecular flexibility index (Phi) is 5.49. The summed E-state index contributed by atoms with van der Waals surface area (Å²) in [6.07, 6.45) is -0.604.